The first kappa shape index (κ1) is 9.73. The summed E-state index contributed by atoms with van der Waals surface area (Å²) in [7, 11) is 1.15. The molecule has 0 unspecified atom stereocenters. The van der Waals surface area contributed by atoms with Gasteiger partial charge in [0.25, 0.3) is 0 Å². The monoisotopic (exact) mass is 200 g/mol. The average Bonchev–Trinajstić information content (AvgIpc) is 2.56. The third kappa shape index (κ3) is 3.25. The van der Waals surface area contributed by atoms with Gasteiger partial charge in [-0.1, -0.05) is 6.07 Å². The van der Waals surface area contributed by atoms with Crippen molar-refractivity contribution in [2.75, 3.05) is 7.11 Å². The molecule has 1 aromatic rings. The molecule has 0 atom stereocenters. The predicted molar refractivity (Wildman–Crippen MR) is 46.5 cm³/mol. The molecule has 4 nitrogen and oxygen atoms in total. The minimum absolute atomic E-state index is 0.104. The number of hydrogen-bond acceptors (Lipinski definition) is 5. The Morgan fingerprint density at radius 2 is 2.31 bits per heavy atom. The Morgan fingerprint density at radius 3 is 2.85 bits per heavy atom. The van der Waals surface area contributed by atoms with Crippen molar-refractivity contribution in [1.82, 2.24) is 0 Å². The van der Waals surface area contributed by atoms with E-state index in [4.69, 9.17) is 0 Å². The zero-order chi connectivity index (χ0) is 9.68. The van der Waals surface area contributed by atoms with Gasteiger partial charge in [0.1, 0.15) is 0 Å². The van der Waals surface area contributed by atoms with Gasteiger partial charge in [0.15, 0.2) is 0 Å². The second-order valence-electron chi connectivity index (χ2n) is 2.18. The first-order valence-electron chi connectivity index (χ1n) is 3.53. The average molecular weight is 200 g/mol. The van der Waals surface area contributed by atoms with Gasteiger partial charge in [-0.25, -0.2) is 4.79 Å². The number of ether oxygens (including phenoxy) is 2. The molecule has 0 aliphatic rings. The van der Waals surface area contributed by atoms with Crippen LogP contribution in [0.5, 0.6) is 0 Å². The van der Waals surface area contributed by atoms with Gasteiger partial charge in [0, 0.05) is 4.88 Å². The van der Waals surface area contributed by atoms with Crippen LogP contribution in [0, 0.1) is 0 Å². The number of carbonyl (C=O) groups is 2. The molecule has 0 saturated carbocycles. The molecule has 0 amide bonds. The van der Waals surface area contributed by atoms with Gasteiger partial charge >= 0.3 is 12.1 Å². The highest BCUT2D eigenvalue weighted by molar-refractivity contribution is 7.10. The lowest BCUT2D eigenvalue weighted by Gasteiger charge is -1.98. The smallest absolute Gasteiger partial charge is 0.437 e. The maximum atomic E-state index is 11.0. The normalized spacial score (nSPS) is 9.31. The summed E-state index contributed by atoms with van der Waals surface area (Å²) in [6.07, 6.45) is -0.867. The molecule has 0 saturated heterocycles. The van der Waals surface area contributed by atoms with E-state index in [1.54, 1.807) is 6.07 Å². The van der Waals surface area contributed by atoms with Crippen LogP contribution in [0.4, 0.5) is 4.79 Å². The molecule has 0 aromatic carbocycles. The molecule has 0 radical (unpaired) electrons. The fourth-order valence-electron chi connectivity index (χ4n) is 0.726. The maximum absolute atomic E-state index is 11.0. The van der Waals surface area contributed by atoms with Crippen molar-refractivity contribution in [2.24, 2.45) is 0 Å². The maximum Gasteiger partial charge on any atom is 0.515 e. The molecular weight excluding hydrogens is 192 g/mol. The molecule has 1 rings (SSSR count). The molecule has 13 heavy (non-hydrogen) atoms. The lowest BCUT2D eigenvalue weighted by atomic mass is 10.3. The van der Waals surface area contributed by atoms with E-state index in [-0.39, 0.29) is 6.42 Å². The van der Waals surface area contributed by atoms with Crippen LogP contribution in [-0.4, -0.2) is 19.2 Å². The van der Waals surface area contributed by atoms with E-state index >= 15 is 0 Å². The highest BCUT2D eigenvalue weighted by Crippen LogP contribution is 2.09. The highest BCUT2D eigenvalue weighted by atomic mass is 32.1. The van der Waals surface area contributed by atoms with E-state index in [0.29, 0.717) is 0 Å². The molecule has 1 heterocycles. The number of carbonyl (C=O) groups excluding carboxylic acids is 2. The molecule has 0 fully saturated rings. The lowest BCUT2D eigenvalue weighted by Crippen LogP contribution is -2.13. The van der Waals surface area contributed by atoms with E-state index in [1.807, 2.05) is 11.4 Å². The minimum Gasteiger partial charge on any atom is -0.437 e. The molecule has 70 valence electrons. The number of esters is 1. The van der Waals surface area contributed by atoms with Crippen LogP contribution in [0.3, 0.4) is 0 Å². The van der Waals surface area contributed by atoms with Gasteiger partial charge in [-0.2, -0.15) is 0 Å². The third-order valence-electron chi connectivity index (χ3n) is 1.26. The van der Waals surface area contributed by atoms with Crippen molar-refractivity contribution in [1.29, 1.82) is 0 Å². The molecular formula is C8H8O4S. The largest absolute Gasteiger partial charge is 0.515 e. The molecule has 0 aliphatic carbocycles. The van der Waals surface area contributed by atoms with E-state index < -0.39 is 12.1 Å². The van der Waals surface area contributed by atoms with Crippen LogP contribution >= 0.6 is 11.3 Å². The summed E-state index contributed by atoms with van der Waals surface area (Å²) >= 11 is 1.43. The summed E-state index contributed by atoms with van der Waals surface area (Å²) in [5.41, 5.74) is 0. The van der Waals surface area contributed by atoms with Gasteiger partial charge in [0.2, 0.25) is 0 Å². The molecule has 0 bridgehead atoms. The molecule has 0 aliphatic heterocycles. The standard InChI is InChI=1S/C8H8O4S/c1-11-8(10)12-7(9)5-6-3-2-4-13-6/h2-4H,5H2,1H3. The molecule has 0 spiro atoms. The van der Waals surface area contributed by atoms with Crippen LogP contribution in [0.15, 0.2) is 17.5 Å². The van der Waals surface area contributed by atoms with Crippen molar-refractivity contribution < 1.29 is 19.1 Å². The van der Waals surface area contributed by atoms with Gasteiger partial charge in [-0.15, -0.1) is 11.3 Å². The zero-order valence-corrected chi connectivity index (χ0v) is 7.80. The van der Waals surface area contributed by atoms with E-state index in [1.165, 1.54) is 11.3 Å². The van der Waals surface area contributed by atoms with Crippen molar-refractivity contribution in [3.05, 3.63) is 22.4 Å². The number of thiophene rings is 1. The second-order valence-corrected chi connectivity index (χ2v) is 3.22. The number of methoxy groups -OCH3 is 1. The summed E-state index contributed by atoms with van der Waals surface area (Å²) in [5, 5.41) is 1.85. The Morgan fingerprint density at radius 1 is 1.54 bits per heavy atom. The summed E-state index contributed by atoms with van der Waals surface area (Å²) in [6, 6.07) is 3.62. The van der Waals surface area contributed by atoms with Crippen LogP contribution < -0.4 is 0 Å². The number of rotatable bonds is 2. The molecule has 1 aromatic heterocycles. The van der Waals surface area contributed by atoms with Crippen LogP contribution in [-0.2, 0) is 20.7 Å². The van der Waals surface area contributed by atoms with Crippen LogP contribution in [0.2, 0.25) is 0 Å². The Kier molecular flexibility index (Phi) is 3.45. The van der Waals surface area contributed by atoms with Crippen molar-refractivity contribution in [3.63, 3.8) is 0 Å². The summed E-state index contributed by atoms with van der Waals surface area (Å²) in [6.45, 7) is 0. The fraction of sp³-hybridized carbons (Fsp3) is 0.250. The van der Waals surface area contributed by atoms with Crippen LogP contribution in [0.25, 0.3) is 0 Å². The highest BCUT2D eigenvalue weighted by Gasteiger charge is 2.10. The summed E-state index contributed by atoms with van der Waals surface area (Å²) in [4.78, 5) is 22.3. The molecule has 5 heteroatoms. The van der Waals surface area contributed by atoms with E-state index in [2.05, 4.69) is 9.47 Å². The summed E-state index contributed by atoms with van der Waals surface area (Å²) < 4.78 is 8.44. The van der Waals surface area contributed by atoms with Gasteiger partial charge < -0.3 is 9.47 Å². The second kappa shape index (κ2) is 4.61. The Hall–Kier alpha value is -1.36. The zero-order valence-electron chi connectivity index (χ0n) is 6.98. The quantitative estimate of drug-likeness (QED) is 0.537. The SMILES string of the molecule is COC(=O)OC(=O)Cc1cccs1. The van der Waals surface area contributed by atoms with E-state index in [0.717, 1.165) is 12.0 Å². The fourth-order valence-corrected chi connectivity index (χ4v) is 1.42. The Balaban J connectivity index is 2.38. The Labute approximate surface area is 79.1 Å². The first-order chi connectivity index (χ1) is 6.22. The van der Waals surface area contributed by atoms with Crippen molar-refractivity contribution >= 4 is 23.5 Å². The van der Waals surface area contributed by atoms with Gasteiger partial charge in [-0.3, -0.25) is 4.79 Å². The third-order valence-corrected chi connectivity index (χ3v) is 2.14. The van der Waals surface area contributed by atoms with Crippen molar-refractivity contribution in [3.8, 4) is 0 Å². The topological polar surface area (TPSA) is 52.6 Å². The van der Waals surface area contributed by atoms with Gasteiger partial charge in [-0.05, 0) is 11.4 Å². The molecule has 0 N–H and O–H groups in total. The number of hydrogen-bond donors (Lipinski definition) is 0. The summed E-state index contributed by atoms with van der Waals surface area (Å²) in [5.74, 6) is -0.602. The predicted octanol–water partition coefficient (Wildman–Crippen LogP) is 1.60. The first-order valence-corrected chi connectivity index (χ1v) is 4.41. The lowest BCUT2D eigenvalue weighted by molar-refractivity contribution is -0.138. The van der Waals surface area contributed by atoms with Gasteiger partial charge in [0.05, 0.1) is 13.5 Å². The Bertz CT molecular complexity index is 291. The minimum atomic E-state index is -0.971. The van der Waals surface area contributed by atoms with Crippen molar-refractivity contribution in [2.45, 2.75) is 6.42 Å². The van der Waals surface area contributed by atoms with E-state index in [9.17, 15) is 9.59 Å². The van der Waals surface area contributed by atoms with Crippen LogP contribution in [0.1, 0.15) is 4.88 Å².